The van der Waals surface area contributed by atoms with Crippen molar-refractivity contribution in [3.8, 4) is 5.69 Å². The molecule has 1 fully saturated rings. The van der Waals surface area contributed by atoms with Gasteiger partial charge in [-0.2, -0.15) is 5.10 Å². The van der Waals surface area contributed by atoms with Crippen molar-refractivity contribution in [1.29, 1.82) is 0 Å². The van der Waals surface area contributed by atoms with Crippen LogP contribution in [0.5, 0.6) is 0 Å². The average Bonchev–Trinajstić information content (AvgIpc) is 3.08. The van der Waals surface area contributed by atoms with E-state index in [1.807, 2.05) is 36.4 Å². The summed E-state index contributed by atoms with van der Waals surface area (Å²) in [4.78, 5) is 4.19. The lowest BCUT2D eigenvalue weighted by Crippen LogP contribution is -2.17. The minimum atomic E-state index is 0.718. The van der Waals surface area contributed by atoms with E-state index < -0.39 is 0 Å². The summed E-state index contributed by atoms with van der Waals surface area (Å²) in [6.45, 7) is 2.93. The average molecular weight is 228 g/mol. The van der Waals surface area contributed by atoms with Gasteiger partial charge in [0.1, 0.15) is 0 Å². The Hall–Kier alpha value is -1.68. The molecule has 0 radical (unpaired) electrons. The first-order chi connectivity index (χ1) is 8.33. The fraction of sp³-hybridized carbons (Fsp3) is 0.385. The molecule has 0 amide bonds. The summed E-state index contributed by atoms with van der Waals surface area (Å²) in [5.41, 5.74) is 3.47. The number of aryl methyl sites for hydroxylation is 1. The van der Waals surface area contributed by atoms with Gasteiger partial charge in [-0.15, -0.1) is 0 Å². The van der Waals surface area contributed by atoms with Crippen LogP contribution in [0.25, 0.3) is 5.69 Å². The second-order valence-electron chi connectivity index (χ2n) is 4.62. The van der Waals surface area contributed by atoms with Gasteiger partial charge in [-0.1, -0.05) is 0 Å². The summed E-state index contributed by atoms with van der Waals surface area (Å²) in [5, 5.41) is 7.86. The number of nitrogens with one attached hydrogen (secondary N) is 1. The Bertz CT molecular complexity index is 514. The summed E-state index contributed by atoms with van der Waals surface area (Å²) in [6, 6.07) is 2.78. The molecule has 0 unspecified atom stereocenters. The molecule has 88 valence electrons. The SMILES string of the molecule is Cc1cnn(-c2cnccc2CNC2CC2)c1. The first kappa shape index (κ1) is 10.5. The molecular weight excluding hydrogens is 212 g/mol. The van der Waals surface area contributed by atoms with Gasteiger partial charge < -0.3 is 5.32 Å². The third kappa shape index (κ3) is 2.36. The van der Waals surface area contributed by atoms with Gasteiger partial charge in [-0.3, -0.25) is 4.98 Å². The highest BCUT2D eigenvalue weighted by molar-refractivity contribution is 5.37. The maximum absolute atomic E-state index is 4.34. The standard InChI is InChI=1S/C13H16N4/c1-10-6-16-17(9-10)13-8-14-5-4-11(13)7-15-12-2-3-12/h4-6,8-9,12,15H,2-3,7H2,1H3. The number of hydrogen-bond acceptors (Lipinski definition) is 3. The van der Waals surface area contributed by atoms with Crippen LogP contribution in [0.2, 0.25) is 0 Å². The molecular formula is C13H16N4. The molecule has 1 aliphatic carbocycles. The Kier molecular flexibility index (Phi) is 2.65. The van der Waals surface area contributed by atoms with Crippen LogP contribution in [-0.2, 0) is 6.54 Å². The number of rotatable bonds is 4. The highest BCUT2D eigenvalue weighted by Crippen LogP contribution is 2.20. The predicted octanol–water partition coefficient (Wildman–Crippen LogP) is 1.83. The maximum Gasteiger partial charge on any atom is 0.0873 e. The molecule has 0 aromatic carbocycles. The summed E-state index contributed by atoms with van der Waals surface area (Å²) < 4.78 is 1.90. The Morgan fingerprint density at radius 3 is 3.00 bits per heavy atom. The van der Waals surface area contributed by atoms with Gasteiger partial charge in [0.15, 0.2) is 0 Å². The summed E-state index contributed by atoms with van der Waals surface area (Å²) in [7, 11) is 0. The third-order valence-corrected chi connectivity index (χ3v) is 3.00. The normalized spacial score (nSPS) is 15.1. The number of pyridine rings is 1. The van der Waals surface area contributed by atoms with Gasteiger partial charge in [0.2, 0.25) is 0 Å². The molecule has 4 nitrogen and oxygen atoms in total. The van der Waals surface area contributed by atoms with Crippen molar-refractivity contribution in [2.45, 2.75) is 32.4 Å². The minimum absolute atomic E-state index is 0.718. The zero-order valence-corrected chi connectivity index (χ0v) is 9.93. The van der Waals surface area contributed by atoms with Gasteiger partial charge >= 0.3 is 0 Å². The second-order valence-corrected chi connectivity index (χ2v) is 4.62. The summed E-state index contributed by atoms with van der Waals surface area (Å²) in [6.07, 6.45) is 10.2. The summed E-state index contributed by atoms with van der Waals surface area (Å²) >= 11 is 0. The molecule has 0 bridgehead atoms. The second kappa shape index (κ2) is 4.30. The van der Waals surface area contributed by atoms with Crippen molar-refractivity contribution in [2.75, 3.05) is 0 Å². The zero-order chi connectivity index (χ0) is 11.7. The molecule has 3 rings (SSSR count). The lowest BCUT2D eigenvalue weighted by atomic mass is 10.2. The zero-order valence-electron chi connectivity index (χ0n) is 9.93. The van der Waals surface area contributed by atoms with E-state index in [-0.39, 0.29) is 0 Å². The van der Waals surface area contributed by atoms with Crippen LogP contribution in [0.15, 0.2) is 30.9 Å². The Labute approximate surface area is 101 Å². The molecule has 2 aromatic rings. The number of nitrogens with zero attached hydrogens (tertiary/aromatic N) is 3. The molecule has 0 atom stereocenters. The van der Waals surface area contributed by atoms with Crippen molar-refractivity contribution in [3.63, 3.8) is 0 Å². The topological polar surface area (TPSA) is 42.7 Å². The van der Waals surface area contributed by atoms with E-state index in [0.717, 1.165) is 23.8 Å². The fourth-order valence-electron chi connectivity index (χ4n) is 1.86. The van der Waals surface area contributed by atoms with Crippen molar-refractivity contribution >= 4 is 0 Å². The highest BCUT2D eigenvalue weighted by Gasteiger charge is 2.20. The van der Waals surface area contributed by atoms with Crippen LogP contribution in [0.4, 0.5) is 0 Å². The molecule has 17 heavy (non-hydrogen) atoms. The lowest BCUT2D eigenvalue weighted by molar-refractivity contribution is 0.680. The van der Waals surface area contributed by atoms with E-state index >= 15 is 0 Å². The van der Waals surface area contributed by atoms with Crippen molar-refractivity contribution in [3.05, 3.63) is 42.0 Å². The van der Waals surface area contributed by atoms with Crippen LogP contribution < -0.4 is 5.32 Å². The highest BCUT2D eigenvalue weighted by atomic mass is 15.3. The van der Waals surface area contributed by atoms with Gasteiger partial charge in [-0.25, -0.2) is 4.68 Å². The smallest absolute Gasteiger partial charge is 0.0873 e. The largest absolute Gasteiger partial charge is 0.310 e. The molecule has 2 aromatic heterocycles. The van der Waals surface area contributed by atoms with Gasteiger partial charge in [0, 0.05) is 25.0 Å². The van der Waals surface area contributed by atoms with E-state index in [9.17, 15) is 0 Å². The van der Waals surface area contributed by atoms with Gasteiger partial charge in [-0.05, 0) is 37.0 Å². The monoisotopic (exact) mass is 228 g/mol. The Morgan fingerprint density at radius 2 is 2.29 bits per heavy atom. The Morgan fingerprint density at radius 1 is 1.41 bits per heavy atom. The van der Waals surface area contributed by atoms with Crippen molar-refractivity contribution in [2.24, 2.45) is 0 Å². The van der Waals surface area contributed by atoms with E-state index in [2.05, 4.69) is 21.5 Å². The molecule has 0 saturated heterocycles. The van der Waals surface area contributed by atoms with E-state index in [4.69, 9.17) is 0 Å². The molecule has 0 spiro atoms. The van der Waals surface area contributed by atoms with Crippen LogP contribution in [0, 0.1) is 6.92 Å². The first-order valence-electron chi connectivity index (χ1n) is 6.01. The Balaban J connectivity index is 1.86. The van der Waals surface area contributed by atoms with Gasteiger partial charge in [0.05, 0.1) is 18.1 Å². The van der Waals surface area contributed by atoms with E-state index in [1.54, 1.807) is 0 Å². The first-order valence-corrected chi connectivity index (χ1v) is 6.01. The third-order valence-electron chi connectivity index (χ3n) is 3.00. The number of hydrogen-bond donors (Lipinski definition) is 1. The minimum Gasteiger partial charge on any atom is -0.310 e. The lowest BCUT2D eigenvalue weighted by Gasteiger charge is -2.09. The van der Waals surface area contributed by atoms with Crippen LogP contribution in [0.1, 0.15) is 24.0 Å². The van der Waals surface area contributed by atoms with E-state index in [0.29, 0.717) is 0 Å². The van der Waals surface area contributed by atoms with Gasteiger partial charge in [0.25, 0.3) is 0 Å². The molecule has 2 heterocycles. The molecule has 1 aliphatic rings. The van der Waals surface area contributed by atoms with Crippen LogP contribution in [0.3, 0.4) is 0 Å². The van der Waals surface area contributed by atoms with Crippen molar-refractivity contribution < 1.29 is 0 Å². The van der Waals surface area contributed by atoms with E-state index in [1.165, 1.54) is 18.4 Å². The number of aromatic nitrogens is 3. The fourth-order valence-corrected chi connectivity index (χ4v) is 1.86. The van der Waals surface area contributed by atoms with Crippen LogP contribution >= 0.6 is 0 Å². The molecule has 1 saturated carbocycles. The maximum atomic E-state index is 4.34. The quantitative estimate of drug-likeness (QED) is 0.868. The summed E-state index contributed by atoms with van der Waals surface area (Å²) in [5.74, 6) is 0. The predicted molar refractivity (Wildman–Crippen MR) is 66.0 cm³/mol. The van der Waals surface area contributed by atoms with Crippen molar-refractivity contribution in [1.82, 2.24) is 20.1 Å². The molecule has 0 aliphatic heterocycles. The molecule has 1 N–H and O–H groups in total. The van der Waals surface area contributed by atoms with Crippen LogP contribution in [-0.4, -0.2) is 20.8 Å². The molecule has 4 heteroatoms.